The Hall–Kier alpha value is -0.570. The average Bonchev–Trinajstić information content (AvgIpc) is 2.60. The summed E-state index contributed by atoms with van der Waals surface area (Å²) in [5.41, 5.74) is 1.08. The molecule has 5 nitrogen and oxygen atoms in total. The van der Waals surface area contributed by atoms with Gasteiger partial charge in [0.25, 0.3) is 0 Å². The highest BCUT2D eigenvalue weighted by Crippen LogP contribution is 2.14. The summed E-state index contributed by atoms with van der Waals surface area (Å²) >= 11 is 6.17. The smallest absolute Gasteiger partial charge is 0.191 e. The molecule has 0 aliphatic carbocycles. The van der Waals surface area contributed by atoms with Crippen molar-refractivity contribution in [1.29, 1.82) is 0 Å². The minimum Gasteiger partial charge on any atom is -0.356 e. The third kappa shape index (κ3) is 8.57. The fourth-order valence-electron chi connectivity index (χ4n) is 2.78. The minimum atomic E-state index is 0. The number of nitrogens with one attached hydrogen (secondary N) is 2. The third-order valence-corrected chi connectivity index (χ3v) is 4.79. The van der Waals surface area contributed by atoms with Crippen molar-refractivity contribution in [3.05, 3.63) is 34.9 Å². The summed E-state index contributed by atoms with van der Waals surface area (Å²) in [5.74, 6) is 0.828. The first-order chi connectivity index (χ1) is 11.7. The SMILES string of the molecule is CN=C(NCCCCN1CCN(C)CC1)NCc1ccccc1Cl.I. The molecular weight excluding hydrogens is 449 g/mol. The van der Waals surface area contributed by atoms with Gasteiger partial charge >= 0.3 is 0 Å². The molecule has 25 heavy (non-hydrogen) atoms. The Morgan fingerprint density at radius 2 is 1.84 bits per heavy atom. The molecule has 1 heterocycles. The number of halogens is 2. The zero-order valence-corrected chi connectivity index (χ0v) is 18.4. The second-order valence-corrected chi connectivity index (χ2v) is 6.70. The molecule has 1 aliphatic rings. The molecule has 0 amide bonds. The van der Waals surface area contributed by atoms with Gasteiger partial charge in [-0.15, -0.1) is 24.0 Å². The van der Waals surface area contributed by atoms with Crippen LogP contribution in [0.5, 0.6) is 0 Å². The van der Waals surface area contributed by atoms with Crippen molar-refractivity contribution in [2.24, 2.45) is 4.99 Å². The van der Waals surface area contributed by atoms with Gasteiger partial charge in [-0.25, -0.2) is 0 Å². The van der Waals surface area contributed by atoms with Crippen LogP contribution in [0.25, 0.3) is 0 Å². The predicted molar refractivity (Wildman–Crippen MR) is 118 cm³/mol. The van der Waals surface area contributed by atoms with Gasteiger partial charge in [0, 0.05) is 51.3 Å². The lowest BCUT2D eigenvalue weighted by atomic mass is 10.2. The van der Waals surface area contributed by atoms with Crippen LogP contribution in [0.1, 0.15) is 18.4 Å². The molecule has 142 valence electrons. The van der Waals surface area contributed by atoms with Crippen molar-refractivity contribution >= 4 is 41.5 Å². The molecule has 2 rings (SSSR count). The molecular formula is C18H31ClIN5. The Morgan fingerprint density at radius 1 is 1.12 bits per heavy atom. The van der Waals surface area contributed by atoms with Crippen LogP contribution >= 0.6 is 35.6 Å². The largest absolute Gasteiger partial charge is 0.356 e. The molecule has 1 fully saturated rings. The highest BCUT2D eigenvalue weighted by atomic mass is 127. The van der Waals surface area contributed by atoms with Crippen molar-refractivity contribution < 1.29 is 0 Å². The highest BCUT2D eigenvalue weighted by molar-refractivity contribution is 14.0. The number of rotatable bonds is 7. The van der Waals surface area contributed by atoms with E-state index in [0.29, 0.717) is 6.54 Å². The summed E-state index contributed by atoms with van der Waals surface area (Å²) in [6, 6.07) is 7.88. The standard InChI is InChI=1S/C18H30ClN5.HI/c1-20-18(22-15-16-7-3-4-8-17(16)19)21-9-5-6-10-24-13-11-23(2)12-14-24;/h3-4,7-8H,5-6,9-15H2,1-2H3,(H2,20,21,22);1H. The molecule has 1 aromatic carbocycles. The summed E-state index contributed by atoms with van der Waals surface area (Å²) < 4.78 is 0. The first kappa shape index (κ1) is 22.5. The van der Waals surface area contributed by atoms with Gasteiger partial charge in [0.15, 0.2) is 5.96 Å². The molecule has 2 N–H and O–H groups in total. The molecule has 0 saturated carbocycles. The van der Waals surface area contributed by atoms with Crippen LogP contribution in [0, 0.1) is 0 Å². The number of nitrogens with zero attached hydrogens (tertiary/aromatic N) is 3. The van der Waals surface area contributed by atoms with E-state index in [4.69, 9.17) is 11.6 Å². The van der Waals surface area contributed by atoms with Crippen LogP contribution in [0.2, 0.25) is 5.02 Å². The lowest BCUT2D eigenvalue weighted by molar-refractivity contribution is 0.152. The molecule has 0 atom stereocenters. The van der Waals surface area contributed by atoms with E-state index < -0.39 is 0 Å². The number of aliphatic imine (C=N–C) groups is 1. The molecule has 7 heteroatoms. The Morgan fingerprint density at radius 3 is 2.52 bits per heavy atom. The van der Waals surface area contributed by atoms with Gasteiger partial charge in [0.05, 0.1) is 0 Å². The molecule has 1 aliphatic heterocycles. The number of piperazine rings is 1. The van der Waals surface area contributed by atoms with Crippen LogP contribution < -0.4 is 10.6 Å². The maximum Gasteiger partial charge on any atom is 0.191 e. The topological polar surface area (TPSA) is 42.9 Å². The molecule has 0 radical (unpaired) electrons. The normalized spacial score (nSPS) is 16.4. The van der Waals surface area contributed by atoms with E-state index in [1.807, 2.05) is 24.3 Å². The van der Waals surface area contributed by atoms with Crippen LogP contribution in [-0.2, 0) is 6.54 Å². The fourth-order valence-corrected chi connectivity index (χ4v) is 2.98. The predicted octanol–water partition coefficient (Wildman–Crippen LogP) is 2.65. The van der Waals surface area contributed by atoms with Crippen molar-refractivity contribution in [3.63, 3.8) is 0 Å². The van der Waals surface area contributed by atoms with Crippen molar-refractivity contribution in [2.45, 2.75) is 19.4 Å². The van der Waals surface area contributed by atoms with E-state index >= 15 is 0 Å². The zero-order chi connectivity index (χ0) is 17.2. The number of hydrogen-bond acceptors (Lipinski definition) is 3. The van der Waals surface area contributed by atoms with Gasteiger partial charge in [-0.1, -0.05) is 29.8 Å². The second-order valence-electron chi connectivity index (χ2n) is 6.30. The monoisotopic (exact) mass is 479 g/mol. The number of hydrogen-bond donors (Lipinski definition) is 2. The number of benzene rings is 1. The Labute approximate surface area is 174 Å². The van der Waals surface area contributed by atoms with Crippen molar-refractivity contribution in [3.8, 4) is 0 Å². The van der Waals surface area contributed by atoms with Crippen LogP contribution in [0.4, 0.5) is 0 Å². The average molecular weight is 480 g/mol. The van der Waals surface area contributed by atoms with E-state index in [1.54, 1.807) is 7.05 Å². The first-order valence-electron chi connectivity index (χ1n) is 8.78. The maximum absolute atomic E-state index is 6.17. The van der Waals surface area contributed by atoms with E-state index in [0.717, 1.165) is 29.5 Å². The maximum atomic E-state index is 6.17. The van der Waals surface area contributed by atoms with Gasteiger partial charge in [-0.3, -0.25) is 4.99 Å². The number of likely N-dealkylation sites (N-methyl/N-ethyl adjacent to an activating group) is 1. The Kier molecular flexibility index (Phi) is 11.4. The summed E-state index contributed by atoms with van der Waals surface area (Å²) in [7, 11) is 3.99. The van der Waals surface area contributed by atoms with E-state index in [1.165, 1.54) is 39.1 Å². The first-order valence-corrected chi connectivity index (χ1v) is 9.15. The molecule has 1 saturated heterocycles. The van der Waals surface area contributed by atoms with E-state index in [2.05, 4.69) is 32.5 Å². The molecule has 0 unspecified atom stereocenters. The number of guanidine groups is 1. The van der Waals surface area contributed by atoms with Gasteiger partial charge in [-0.2, -0.15) is 0 Å². The van der Waals surface area contributed by atoms with Crippen LogP contribution in [-0.4, -0.2) is 69.1 Å². The van der Waals surface area contributed by atoms with Gasteiger partial charge < -0.3 is 20.4 Å². The fraction of sp³-hybridized carbons (Fsp3) is 0.611. The zero-order valence-electron chi connectivity index (χ0n) is 15.3. The van der Waals surface area contributed by atoms with Gasteiger partial charge in [-0.05, 0) is 38.1 Å². The summed E-state index contributed by atoms with van der Waals surface area (Å²) in [6.07, 6.45) is 2.37. The number of unbranched alkanes of at least 4 members (excludes halogenated alkanes) is 1. The van der Waals surface area contributed by atoms with Crippen LogP contribution in [0.3, 0.4) is 0 Å². The van der Waals surface area contributed by atoms with E-state index in [-0.39, 0.29) is 24.0 Å². The lowest BCUT2D eigenvalue weighted by Gasteiger charge is -2.32. The third-order valence-electron chi connectivity index (χ3n) is 4.42. The summed E-state index contributed by atoms with van der Waals surface area (Å²) in [4.78, 5) is 9.22. The highest BCUT2D eigenvalue weighted by Gasteiger charge is 2.12. The molecule has 1 aromatic rings. The molecule has 0 aromatic heterocycles. The Bertz CT molecular complexity index is 518. The van der Waals surface area contributed by atoms with Crippen LogP contribution in [0.15, 0.2) is 29.3 Å². The van der Waals surface area contributed by atoms with Crippen molar-refractivity contribution in [1.82, 2.24) is 20.4 Å². The lowest BCUT2D eigenvalue weighted by Crippen LogP contribution is -2.44. The second kappa shape index (κ2) is 12.7. The summed E-state index contributed by atoms with van der Waals surface area (Å²) in [5, 5.41) is 7.47. The Balaban J connectivity index is 0.00000312. The quantitative estimate of drug-likeness (QED) is 0.273. The minimum absolute atomic E-state index is 0. The molecule has 0 bridgehead atoms. The van der Waals surface area contributed by atoms with Gasteiger partial charge in [0.2, 0.25) is 0 Å². The summed E-state index contributed by atoms with van der Waals surface area (Å²) in [6.45, 7) is 7.60. The van der Waals surface area contributed by atoms with E-state index in [9.17, 15) is 0 Å². The molecule has 0 spiro atoms. The van der Waals surface area contributed by atoms with Gasteiger partial charge in [0.1, 0.15) is 0 Å². The van der Waals surface area contributed by atoms with Crippen molar-refractivity contribution in [2.75, 3.05) is 53.4 Å².